The number of rotatable bonds is 4. The molecule has 1 aliphatic carbocycles. The van der Waals surface area contributed by atoms with E-state index >= 15 is 0 Å². The number of non-ortho nitro benzene ring substituents is 1. The lowest BCUT2D eigenvalue weighted by molar-refractivity contribution is -0.384. The Morgan fingerprint density at radius 2 is 1.90 bits per heavy atom. The molecule has 7 nitrogen and oxygen atoms in total. The number of carbonyl (C=O) groups excluding carboxylic acids is 2. The summed E-state index contributed by atoms with van der Waals surface area (Å²) in [6.45, 7) is 0. The van der Waals surface area contributed by atoms with Gasteiger partial charge in [-0.15, -0.1) is 0 Å². The van der Waals surface area contributed by atoms with Crippen molar-refractivity contribution in [2.24, 2.45) is 5.92 Å². The maximum atomic E-state index is 11.9. The van der Waals surface area contributed by atoms with Crippen LogP contribution in [0, 0.1) is 16.0 Å². The molecule has 0 radical (unpaired) electrons. The predicted molar refractivity (Wildman–Crippen MR) is 71.7 cm³/mol. The van der Waals surface area contributed by atoms with Crippen LogP contribution in [0.5, 0.6) is 0 Å². The third-order valence-electron chi connectivity index (χ3n) is 3.51. The number of nitrogens with zero attached hydrogens (tertiary/aromatic N) is 1. The van der Waals surface area contributed by atoms with Gasteiger partial charge >= 0.3 is 11.9 Å². The minimum absolute atomic E-state index is 0.0850. The molecular formula is C14H15NO6. The summed E-state index contributed by atoms with van der Waals surface area (Å²) in [6.07, 6.45) is 1.37. The van der Waals surface area contributed by atoms with Gasteiger partial charge in [0.2, 0.25) is 0 Å². The molecule has 0 aromatic heterocycles. The maximum Gasteiger partial charge on any atom is 0.338 e. The second kappa shape index (κ2) is 6.34. The van der Waals surface area contributed by atoms with Crippen LogP contribution in [0.2, 0.25) is 0 Å². The number of benzene rings is 1. The molecule has 112 valence electrons. The summed E-state index contributed by atoms with van der Waals surface area (Å²) < 4.78 is 9.97. The van der Waals surface area contributed by atoms with E-state index in [2.05, 4.69) is 4.74 Å². The smallest absolute Gasteiger partial charge is 0.338 e. The zero-order valence-electron chi connectivity index (χ0n) is 11.5. The Morgan fingerprint density at radius 1 is 1.24 bits per heavy atom. The fraction of sp³-hybridized carbons (Fsp3) is 0.429. The van der Waals surface area contributed by atoms with E-state index in [4.69, 9.17) is 4.74 Å². The Kier molecular flexibility index (Phi) is 4.52. The van der Waals surface area contributed by atoms with Crippen molar-refractivity contribution in [1.29, 1.82) is 0 Å². The maximum absolute atomic E-state index is 11.9. The quantitative estimate of drug-likeness (QED) is 0.479. The van der Waals surface area contributed by atoms with Gasteiger partial charge in [-0.3, -0.25) is 14.9 Å². The number of hydrogen-bond acceptors (Lipinski definition) is 6. The highest BCUT2D eigenvalue weighted by Gasteiger charge is 2.33. The van der Waals surface area contributed by atoms with Gasteiger partial charge in [-0.1, -0.05) is 0 Å². The molecule has 21 heavy (non-hydrogen) atoms. The van der Waals surface area contributed by atoms with Crippen LogP contribution in [-0.4, -0.2) is 30.1 Å². The molecule has 2 rings (SSSR count). The zero-order chi connectivity index (χ0) is 15.4. The lowest BCUT2D eigenvalue weighted by Gasteiger charge is -2.12. The van der Waals surface area contributed by atoms with Crippen LogP contribution in [0.15, 0.2) is 24.3 Å². The summed E-state index contributed by atoms with van der Waals surface area (Å²) in [7, 11) is 1.33. The number of esters is 2. The minimum Gasteiger partial charge on any atom is -0.469 e. The Labute approximate surface area is 121 Å². The molecule has 1 aliphatic rings. The molecular weight excluding hydrogens is 278 g/mol. The molecule has 0 aliphatic heterocycles. The summed E-state index contributed by atoms with van der Waals surface area (Å²) in [5.41, 5.74) is 0.167. The van der Waals surface area contributed by atoms with Gasteiger partial charge in [0.15, 0.2) is 0 Å². The fourth-order valence-electron chi connectivity index (χ4n) is 2.37. The molecule has 0 bridgehead atoms. The van der Waals surface area contributed by atoms with Crippen LogP contribution in [0.25, 0.3) is 0 Å². The first-order chi connectivity index (χ1) is 10.0. The molecule has 0 spiro atoms. The second-order valence-electron chi connectivity index (χ2n) is 4.86. The summed E-state index contributed by atoms with van der Waals surface area (Å²) in [5, 5.41) is 10.5. The molecule has 0 saturated heterocycles. The standard InChI is InChI=1S/C14H15NO6/c1-20-13(16)10-4-7-12(8-10)21-14(17)9-2-5-11(6-3-9)15(18)19/h2-3,5-6,10,12H,4,7-8H2,1H3/t10?,12-/m1/s1. The first kappa shape index (κ1) is 15.0. The van der Waals surface area contributed by atoms with E-state index < -0.39 is 10.9 Å². The van der Waals surface area contributed by atoms with Crippen molar-refractivity contribution in [2.45, 2.75) is 25.4 Å². The lowest BCUT2D eigenvalue weighted by atomic mass is 10.1. The van der Waals surface area contributed by atoms with Crippen LogP contribution < -0.4 is 0 Å². The molecule has 1 unspecified atom stereocenters. The average Bonchev–Trinajstić information content (AvgIpc) is 2.95. The van der Waals surface area contributed by atoms with Crippen molar-refractivity contribution in [2.75, 3.05) is 7.11 Å². The number of nitro benzene ring substituents is 1. The van der Waals surface area contributed by atoms with Crippen LogP contribution >= 0.6 is 0 Å². The van der Waals surface area contributed by atoms with E-state index in [-0.39, 0.29) is 29.2 Å². The Morgan fingerprint density at radius 3 is 2.48 bits per heavy atom. The first-order valence-electron chi connectivity index (χ1n) is 6.54. The van der Waals surface area contributed by atoms with Crippen molar-refractivity contribution < 1.29 is 24.0 Å². The van der Waals surface area contributed by atoms with Crippen LogP contribution in [0.1, 0.15) is 29.6 Å². The van der Waals surface area contributed by atoms with E-state index in [0.717, 1.165) is 0 Å². The number of ether oxygens (including phenoxy) is 2. The Bertz CT molecular complexity index is 553. The van der Waals surface area contributed by atoms with Crippen molar-refractivity contribution in [3.63, 3.8) is 0 Å². The van der Waals surface area contributed by atoms with Crippen molar-refractivity contribution >= 4 is 17.6 Å². The fourth-order valence-corrected chi connectivity index (χ4v) is 2.37. The van der Waals surface area contributed by atoms with Crippen molar-refractivity contribution in [1.82, 2.24) is 0 Å². The Balaban J connectivity index is 1.93. The second-order valence-corrected chi connectivity index (χ2v) is 4.86. The SMILES string of the molecule is COC(=O)C1CC[C@@H](OC(=O)c2ccc([N+](=O)[O-])cc2)C1. The van der Waals surface area contributed by atoms with Gasteiger partial charge in [-0.05, 0) is 31.4 Å². The number of methoxy groups -OCH3 is 1. The summed E-state index contributed by atoms with van der Waals surface area (Å²) >= 11 is 0. The third-order valence-corrected chi connectivity index (χ3v) is 3.51. The third kappa shape index (κ3) is 3.56. The van der Waals surface area contributed by atoms with E-state index in [1.165, 1.54) is 31.4 Å². The monoisotopic (exact) mass is 293 g/mol. The van der Waals surface area contributed by atoms with Gasteiger partial charge in [0.1, 0.15) is 6.10 Å². The van der Waals surface area contributed by atoms with Crippen LogP contribution in [0.4, 0.5) is 5.69 Å². The number of nitro groups is 1. The molecule has 2 atom stereocenters. The molecule has 7 heteroatoms. The van der Waals surface area contributed by atoms with Gasteiger partial charge < -0.3 is 9.47 Å². The van der Waals surface area contributed by atoms with Gasteiger partial charge in [0, 0.05) is 12.1 Å². The highest BCUT2D eigenvalue weighted by molar-refractivity contribution is 5.89. The molecule has 1 aromatic rings. The topological polar surface area (TPSA) is 95.7 Å². The van der Waals surface area contributed by atoms with E-state index in [1.807, 2.05) is 0 Å². The van der Waals surface area contributed by atoms with Crippen molar-refractivity contribution in [3.05, 3.63) is 39.9 Å². The lowest BCUT2D eigenvalue weighted by Crippen LogP contribution is -2.18. The van der Waals surface area contributed by atoms with Gasteiger partial charge in [0.05, 0.1) is 23.5 Å². The molecule has 0 heterocycles. The molecule has 0 amide bonds. The predicted octanol–water partition coefficient (Wildman–Crippen LogP) is 2.09. The molecule has 0 N–H and O–H groups in total. The Hall–Kier alpha value is -2.44. The largest absolute Gasteiger partial charge is 0.469 e. The zero-order valence-corrected chi connectivity index (χ0v) is 11.5. The summed E-state index contributed by atoms with van der Waals surface area (Å²) in [5.74, 6) is -1.06. The van der Waals surface area contributed by atoms with Crippen molar-refractivity contribution in [3.8, 4) is 0 Å². The van der Waals surface area contributed by atoms with Gasteiger partial charge in [0.25, 0.3) is 5.69 Å². The molecule has 1 aromatic carbocycles. The van der Waals surface area contributed by atoms with Gasteiger partial charge in [-0.25, -0.2) is 4.79 Å². The number of carbonyl (C=O) groups is 2. The summed E-state index contributed by atoms with van der Waals surface area (Å²) in [6, 6.07) is 5.21. The molecule has 1 fully saturated rings. The summed E-state index contributed by atoms with van der Waals surface area (Å²) in [4.78, 5) is 33.3. The van der Waals surface area contributed by atoms with Gasteiger partial charge in [-0.2, -0.15) is 0 Å². The van der Waals surface area contributed by atoms with E-state index in [0.29, 0.717) is 19.3 Å². The average molecular weight is 293 g/mol. The van der Waals surface area contributed by atoms with E-state index in [9.17, 15) is 19.7 Å². The number of hydrogen-bond donors (Lipinski definition) is 0. The minimum atomic E-state index is -0.541. The first-order valence-corrected chi connectivity index (χ1v) is 6.54. The highest BCUT2D eigenvalue weighted by Crippen LogP contribution is 2.29. The van der Waals surface area contributed by atoms with Crippen LogP contribution in [-0.2, 0) is 14.3 Å². The highest BCUT2D eigenvalue weighted by atomic mass is 16.6. The molecule has 1 saturated carbocycles. The normalized spacial score (nSPS) is 20.8. The van der Waals surface area contributed by atoms with Crippen LogP contribution in [0.3, 0.4) is 0 Å². The van der Waals surface area contributed by atoms with E-state index in [1.54, 1.807) is 0 Å².